The molecule has 2 N–H and O–H groups in total. The Balaban J connectivity index is 1.64. The fraction of sp³-hybridized carbons (Fsp3) is 0.733. The van der Waals surface area contributed by atoms with E-state index in [-0.39, 0.29) is 11.2 Å². The maximum Gasteiger partial charge on any atom is 0.356 e. The summed E-state index contributed by atoms with van der Waals surface area (Å²) in [5, 5.41) is 17.0. The SMILES string of the molecule is Cn1ncc(NC23CC4CC(CC(C4)C2)C3)c1C(=O)O. The number of aromatic nitrogens is 2. The maximum atomic E-state index is 11.4. The Bertz CT molecular complexity index is 528. The van der Waals surface area contributed by atoms with Gasteiger partial charge in [-0.05, 0) is 56.3 Å². The van der Waals surface area contributed by atoms with Gasteiger partial charge in [0.05, 0.1) is 11.9 Å². The third-order valence-electron chi connectivity index (χ3n) is 5.58. The predicted molar refractivity (Wildman–Crippen MR) is 74.7 cm³/mol. The molecule has 5 nitrogen and oxygen atoms in total. The molecule has 0 atom stereocenters. The van der Waals surface area contributed by atoms with E-state index in [4.69, 9.17) is 0 Å². The molecule has 1 aromatic rings. The molecule has 1 aromatic heterocycles. The zero-order valence-corrected chi connectivity index (χ0v) is 11.8. The minimum atomic E-state index is -0.905. The van der Waals surface area contributed by atoms with Crippen LogP contribution in [-0.4, -0.2) is 26.4 Å². The lowest BCUT2D eigenvalue weighted by Gasteiger charge is -2.57. The summed E-state index contributed by atoms with van der Waals surface area (Å²) in [6.07, 6.45) is 9.44. The molecule has 4 bridgehead atoms. The van der Waals surface area contributed by atoms with Crippen LogP contribution in [0.3, 0.4) is 0 Å². The average Bonchev–Trinajstić information content (AvgIpc) is 2.67. The number of rotatable bonds is 3. The minimum absolute atomic E-state index is 0.127. The van der Waals surface area contributed by atoms with Crippen LogP contribution in [0.4, 0.5) is 5.69 Å². The Morgan fingerprint density at radius 3 is 2.35 bits per heavy atom. The standard InChI is InChI=1S/C15H21N3O2/c1-18-13(14(19)20)12(8-16-18)17-15-5-9-2-10(6-15)4-11(3-9)7-15/h8-11,17H,2-7H2,1H3,(H,19,20). The number of carboxylic acids is 1. The van der Waals surface area contributed by atoms with Gasteiger partial charge in [0.15, 0.2) is 5.69 Å². The van der Waals surface area contributed by atoms with Crippen LogP contribution in [0.25, 0.3) is 0 Å². The van der Waals surface area contributed by atoms with E-state index >= 15 is 0 Å². The van der Waals surface area contributed by atoms with E-state index in [1.54, 1.807) is 13.2 Å². The van der Waals surface area contributed by atoms with Crippen molar-refractivity contribution in [1.29, 1.82) is 0 Å². The van der Waals surface area contributed by atoms with Gasteiger partial charge in [0, 0.05) is 12.6 Å². The highest BCUT2D eigenvalue weighted by molar-refractivity contribution is 5.92. The number of hydrogen-bond acceptors (Lipinski definition) is 3. The van der Waals surface area contributed by atoms with Gasteiger partial charge in [0.25, 0.3) is 0 Å². The van der Waals surface area contributed by atoms with Gasteiger partial charge in [-0.1, -0.05) is 0 Å². The van der Waals surface area contributed by atoms with Crippen molar-refractivity contribution in [3.63, 3.8) is 0 Å². The van der Waals surface area contributed by atoms with Gasteiger partial charge in [0.1, 0.15) is 0 Å². The third-order valence-corrected chi connectivity index (χ3v) is 5.58. The van der Waals surface area contributed by atoms with Crippen LogP contribution in [0.1, 0.15) is 49.0 Å². The molecule has 5 heteroatoms. The molecule has 0 saturated heterocycles. The molecule has 1 heterocycles. The van der Waals surface area contributed by atoms with Gasteiger partial charge in [-0.25, -0.2) is 4.79 Å². The summed E-state index contributed by atoms with van der Waals surface area (Å²) < 4.78 is 1.45. The molecular weight excluding hydrogens is 254 g/mol. The van der Waals surface area contributed by atoms with Gasteiger partial charge < -0.3 is 10.4 Å². The van der Waals surface area contributed by atoms with Gasteiger partial charge in [-0.15, -0.1) is 0 Å². The second-order valence-corrected chi connectivity index (χ2v) is 7.16. The van der Waals surface area contributed by atoms with E-state index in [0.717, 1.165) is 17.8 Å². The summed E-state index contributed by atoms with van der Waals surface area (Å²) in [6, 6.07) is 0. The summed E-state index contributed by atoms with van der Waals surface area (Å²) in [5.74, 6) is 1.63. The molecule has 4 fully saturated rings. The first-order valence-corrected chi connectivity index (χ1v) is 7.58. The first-order valence-electron chi connectivity index (χ1n) is 7.58. The third kappa shape index (κ3) is 1.75. The highest BCUT2D eigenvalue weighted by Gasteiger charge is 2.51. The summed E-state index contributed by atoms with van der Waals surface area (Å²) in [5.41, 5.74) is 1.10. The second kappa shape index (κ2) is 3.99. The molecule has 0 amide bonds. The Hall–Kier alpha value is -1.52. The molecule has 5 rings (SSSR count). The van der Waals surface area contributed by atoms with E-state index in [0.29, 0.717) is 5.69 Å². The topological polar surface area (TPSA) is 67.2 Å². The largest absolute Gasteiger partial charge is 0.476 e. The van der Waals surface area contributed by atoms with Crippen LogP contribution in [0.2, 0.25) is 0 Å². The van der Waals surface area contributed by atoms with E-state index in [9.17, 15) is 9.90 Å². The van der Waals surface area contributed by atoms with E-state index in [2.05, 4.69) is 10.4 Å². The predicted octanol–water partition coefficient (Wildman–Crippen LogP) is 2.50. The molecule has 0 aliphatic heterocycles. The van der Waals surface area contributed by atoms with Crippen LogP contribution in [-0.2, 0) is 7.05 Å². The number of aromatic carboxylic acids is 1. The van der Waals surface area contributed by atoms with Crippen LogP contribution in [0.5, 0.6) is 0 Å². The minimum Gasteiger partial charge on any atom is -0.476 e. The van der Waals surface area contributed by atoms with Crippen molar-refractivity contribution in [2.75, 3.05) is 5.32 Å². The van der Waals surface area contributed by atoms with Crippen molar-refractivity contribution < 1.29 is 9.90 Å². The maximum absolute atomic E-state index is 11.4. The van der Waals surface area contributed by atoms with Crippen molar-refractivity contribution in [3.05, 3.63) is 11.9 Å². The number of nitrogens with zero attached hydrogens (tertiary/aromatic N) is 2. The molecule has 0 radical (unpaired) electrons. The molecule has 20 heavy (non-hydrogen) atoms. The zero-order chi connectivity index (χ0) is 13.9. The smallest absolute Gasteiger partial charge is 0.356 e. The van der Waals surface area contributed by atoms with Crippen molar-refractivity contribution in [2.24, 2.45) is 24.8 Å². The fourth-order valence-electron chi connectivity index (χ4n) is 5.33. The van der Waals surface area contributed by atoms with Crippen molar-refractivity contribution in [1.82, 2.24) is 9.78 Å². The zero-order valence-electron chi connectivity index (χ0n) is 11.8. The number of anilines is 1. The fourth-order valence-corrected chi connectivity index (χ4v) is 5.33. The van der Waals surface area contributed by atoms with Crippen molar-refractivity contribution in [3.8, 4) is 0 Å². The van der Waals surface area contributed by atoms with Crippen LogP contribution in [0.15, 0.2) is 6.20 Å². The highest BCUT2D eigenvalue weighted by atomic mass is 16.4. The van der Waals surface area contributed by atoms with E-state index < -0.39 is 5.97 Å². The Morgan fingerprint density at radius 2 is 1.85 bits per heavy atom. The van der Waals surface area contributed by atoms with E-state index in [1.807, 2.05) is 0 Å². The lowest BCUT2D eigenvalue weighted by atomic mass is 9.53. The summed E-state index contributed by atoms with van der Waals surface area (Å²) in [7, 11) is 1.69. The summed E-state index contributed by atoms with van der Waals surface area (Å²) in [6.45, 7) is 0. The number of carbonyl (C=O) groups is 1. The van der Waals surface area contributed by atoms with Gasteiger partial charge in [0.2, 0.25) is 0 Å². The van der Waals surface area contributed by atoms with Gasteiger partial charge in [-0.3, -0.25) is 4.68 Å². The summed E-state index contributed by atoms with van der Waals surface area (Å²) >= 11 is 0. The normalized spacial score (nSPS) is 38.1. The van der Waals surface area contributed by atoms with Crippen molar-refractivity contribution in [2.45, 2.75) is 44.1 Å². The van der Waals surface area contributed by atoms with Crippen molar-refractivity contribution >= 4 is 11.7 Å². The molecule has 0 aromatic carbocycles. The lowest BCUT2D eigenvalue weighted by molar-refractivity contribution is 0.0107. The molecule has 4 saturated carbocycles. The Labute approximate surface area is 118 Å². The first kappa shape index (κ1) is 12.2. The second-order valence-electron chi connectivity index (χ2n) is 7.16. The molecule has 108 valence electrons. The first-order chi connectivity index (χ1) is 9.55. The quantitative estimate of drug-likeness (QED) is 0.889. The number of carboxylic acid groups (broad SMARTS) is 1. The monoisotopic (exact) mass is 275 g/mol. The molecule has 0 unspecified atom stereocenters. The number of nitrogens with one attached hydrogen (secondary N) is 1. The van der Waals surface area contributed by atoms with Crippen LogP contribution >= 0.6 is 0 Å². The average molecular weight is 275 g/mol. The summed E-state index contributed by atoms with van der Waals surface area (Å²) in [4.78, 5) is 11.4. The highest BCUT2D eigenvalue weighted by Crippen LogP contribution is 2.56. The Kier molecular flexibility index (Phi) is 2.44. The Morgan fingerprint density at radius 1 is 1.30 bits per heavy atom. The van der Waals surface area contributed by atoms with Gasteiger partial charge >= 0.3 is 5.97 Å². The molecular formula is C15H21N3O2. The van der Waals surface area contributed by atoms with Crippen LogP contribution < -0.4 is 5.32 Å². The molecule has 0 spiro atoms. The number of aryl methyl sites for hydroxylation is 1. The van der Waals surface area contributed by atoms with Crippen LogP contribution in [0, 0.1) is 17.8 Å². The molecule has 4 aliphatic rings. The lowest BCUT2D eigenvalue weighted by Crippen LogP contribution is -2.54. The number of hydrogen-bond donors (Lipinski definition) is 2. The van der Waals surface area contributed by atoms with Gasteiger partial charge in [-0.2, -0.15) is 5.10 Å². The van der Waals surface area contributed by atoms with E-state index in [1.165, 1.54) is 43.2 Å². The molecule has 4 aliphatic carbocycles.